The number of aromatic nitrogens is 1. The minimum atomic E-state index is -3.71. The molecule has 0 saturated heterocycles. The van der Waals surface area contributed by atoms with Crippen molar-refractivity contribution in [1.82, 2.24) is 5.16 Å². The van der Waals surface area contributed by atoms with Crippen LogP contribution in [-0.2, 0) is 10.0 Å². The predicted molar refractivity (Wildman–Crippen MR) is 86.6 cm³/mol. The van der Waals surface area contributed by atoms with Gasteiger partial charge in [-0.3, -0.25) is 4.72 Å². The monoisotopic (exact) mass is 323 g/mol. The van der Waals surface area contributed by atoms with Crippen molar-refractivity contribution in [2.45, 2.75) is 45.1 Å². The van der Waals surface area contributed by atoms with E-state index < -0.39 is 10.0 Å². The lowest BCUT2D eigenvalue weighted by Crippen LogP contribution is -2.25. The lowest BCUT2D eigenvalue weighted by molar-refractivity contribution is 0.390. The number of benzene rings is 1. The molecule has 0 aliphatic rings. The Morgan fingerprint density at radius 3 is 2.05 bits per heavy atom. The number of sulfonamides is 1. The normalized spacial score (nSPS) is 12.2. The van der Waals surface area contributed by atoms with Gasteiger partial charge in [0.1, 0.15) is 5.69 Å². The topological polar surface area (TPSA) is 84.2 Å². The van der Waals surface area contributed by atoms with E-state index in [0.717, 1.165) is 5.69 Å². The Morgan fingerprint density at radius 1 is 1.05 bits per heavy atom. The van der Waals surface area contributed by atoms with Crippen LogP contribution in [0.1, 0.15) is 32.2 Å². The van der Waals surface area contributed by atoms with Crippen LogP contribution in [0.15, 0.2) is 33.7 Å². The van der Waals surface area contributed by atoms with Gasteiger partial charge in [0.25, 0.3) is 10.0 Å². The van der Waals surface area contributed by atoms with Gasteiger partial charge in [0.2, 0.25) is 0 Å². The van der Waals surface area contributed by atoms with Gasteiger partial charge in [-0.05, 0) is 58.9 Å². The molecule has 0 spiro atoms. The summed E-state index contributed by atoms with van der Waals surface area (Å²) < 4.78 is 32.2. The van der Waals surface area contributed by atoms with Gasteiger partial charge >= 0.3 is 0 Å². The van der Waals surface area contributed by atoms with E-state index in [0.29, 0.717) is 11.4 Å². The molecule has 0 amide bonds. The van der Waals surface area contributed by atoms with E-state index in [2.05, 4.69) is 36.0 Å². The summed E-state index contributed by atoms with van der Waals surface area (Å²) >= 11 is 0. The molecule has 2 aromatic rings. The Balaban J connectivity index is 2.21. The summed E-state index contributed by atoms with van der Waals surface area (Å²) in [6.45, 7) is 9.34. The fourth-order valence-electron chi connectivity index (χ4n) is 2.12. The van der Waals surface area contributed by atoms with Crippen LogP contribution in [0.4, 0.5) is 11.4 Å². The SMILES string of the molecule is Cc1noc(C)c1S(=O)(=O)Nc1ccc(NC(C)(C)C)cc1. The molecule has 2 rings (SSSR count). The van der Waals surface area contributed by atoms with Crippen LogP contribution < -0.4 is 10.0 Å². The van der Waals surface area contributed by atoms with Crippen LogP contribution in [-0.4, -0.2) is 19.1 Å². The Kier molecular flexibility index (Phi) is 4.19. The first kappa shape index (κ1) is 16.4. The third kappa shape index (κ3) is 3.79. The van der Waals surface area contributed by atoms with Gasteiger partial charge in [0.05, 0.1) is 0 Å². The average molecular weight is 323 g/mol. The number of nitrogens with one attached hydrogen (secondary N) is 2. The van der Waals surface area contributed by atoms with Gasteiger partial charge in [-0.1, -0.05) is 5.16 Å². The third-order valence-corrected chi connectivity index (χ3v) is 4.52. The maximum Gasteiger partial charge on any atom is 0.267 e. The lowest BCUT2D eigenvalue weighted by Gasteiger charge is -2.22. The third-order valence-electron chi connectivity index (χ3n) is 2.89. The van der Waals surface area contributed by atoms with Crippen molar-refractivity contribution in [2.75, 3.05) is 10.0 Å². The van der Waals surface area contributed by atoms with Gasteiger partial charge in [-0.2, -0.15) is 0 Å². The molecule has 0 unspecified atom stereocenters. The predicted octanol–water partition coefficient (Wildman–Crippen LogP) is 3.30. The molecule has 0 saturated carbocycles. The summed E-state index contributed by atoms with van der Waals surface area (Å²) in [7, 11) is -3.71. The quantitative estimate of drug-likeness (QED) is 0.902. The Hall–Kier alpha value is -2.02. The standard InChI is InChI=1S/C15H21N3O3S/c1-10-14(11(2)21-17-10)22(19,20)18-13-8-6-12(7-9-13)16-15(3,4)5/h6-9,16,18H,1-5H3. The van der Waals surface area contributed by atoms with E-state index >= 15 is 0 Å². The molecule has 0 aliphatic carbocycles. The van der Waals surface area contributed by atoms with Crippen molar-refractivity contribution < 1.29 is 12.9 Å². The molecule has 2 N–H and O–H groups in total. The maximum absolute atomic E-state index is 12.4. The highest BCUT2D eigenvalue weighted by molar-refractivity contribution is 7.92. The Bertz CT molecular complexity index is 737. The second-order valence-electron chi connectivity index (χ2n) is 6.21. The fraction of sp³-hybridized carbons (Fsp3) is 0.400. The van der Waals surface area contributed by atoms with Crippen LogP contribution in [0.25, 0.3) is 0 Å². The summed E-state index contributed by atoms with van der Waals surface area (Å²) in [4.78, 5) is 0.0874. The van der Waals surface area contributed by atoms with Crippen LogP contribution in [0, 0.1) is 13.8 Å². The molecule has 1 aromatic heterocycles. The van der Waals surface area contributed by atoms with E-state index in [4.69, 9.17) is 4.52 Å². The smallest absolute Gasteiger partial charge is 0.267 e. The van der Waals surface area contributed by atoms with E-state index in [1.165, 1.54) is 0 Å². The van der Waals surface area contributed by atoms with Crippen molar-refractivity contribution >= 4 is 21.4 Å². The van der Waals surface area contributed by atoms with Crippen LogP contribution >= 0.6 is 0 Å². The molecule has 0 fully saturated rings. The van der Waals surface area contributed by atoms with Gasteiger partial charge in [0, 0.05) is 16.9 Å². The molecular weight excluding hydrogens is 302 g/mol. The molecule has 0 radical (unpaired) electrons. The summed E-state index contributed by atoms with van der Waals surface area (Å²) in [5, 5.41) is 6.99. The molecule has 1 heterocycles. The number of nitrogens with zero attached hydrogens (tertiary/aromatic N) is 1. The minimum Gasteiger partial charge on any atom is -0.380 e. The zero-order valence-electron chi connectivity index (χ0n) is 13.4. The Labute approximate surface area is 131 Å². The number of aryl methyl sites for hydroxylation is 2. The van der Waals surface area contributed by atoms with Crippen LogP contribution in [0.2, 0.25) is 0 Å². The number of hydrogen-bond acceptors (Lipinski definition) is 5. The number of anilines is 2. The molecule has 0 atom stereocenters. The van der Waals surface area contributed by atoms with Crippen molar-refractivity contribution in [3.8, 4) is 0 Å². The first-order valence-corrected chi connectivity index (χ1v) is 8.41. The maximum atomic E-state index is 12.4. The highest BCUT2D eigenvalue weighted by Gasteiger charge is 2.24. The lowest BCUT2D eigenvalue weighted by atomic mass is 10.1. The molecule has 0 aliphatic heterocycles. The highest BCUT2D eigenvalue weighted by atomic mass is 32.2. The molecule has 22 heavy (non-hydrogen) atoms. The molecule has 0 bridgehead atoms. The van der Waals surface area contributed by atoms with Crippen molar-refractivity contribution in [3.05, 3.63) is 35.7 Å². The number of rotatable bonds is 4. The van der Waals surface area contributed by atoms with Gasteiger partial charge in [0.15, 0.2) is 10.7 Å². The van der Waals surface area contributed by atoms with E-state index in [-0.39, 0.29) is 16.2 Å². The second kappa shape index (κ2) is 5.64. The number of hydrogen-bond donors (Lipinski definition) is 2. The molecule has 7 heteroatoms. The van der Waals surface area contributed by atoms with E-state index in [1.54, 1.807) is 26.0 Å². The summed E-state index contributed by atoms with van der Waals surface area (Å²) in [5.41, 5.74) is 1.70. The van der Waals surface area contributed by atoms with Gasteiger partial charge < -0.3 is 9.84 Å². The second-order valence-corrected chi connectivity index (χ2v) is 7.83. The van der Waals surface area contributed by atoms with Gasteiger partial charge in [-0.15, -0.1) is 0 Å². The first-order chi connectivity index (χ1) is 10.1. The molecule has 1 aromatic carbocycles. The van der Waals surface area contributed by atoms with Crippen LogP contribution in [0.3, 0.4) is 0 Å². The molecule has 120 valence electrons. The fourth-order valence-corrected chi connectivity index (χ4v) is 3.51. The van der Waals surface area contributed by atoms with Crippen LogP contribution in [0.5, 0.6) is 0 Å². The van der Waals surface area contributed by atoms with E-state index in [1.807, 2.05) is 12.1 Å². The van der Waals surface area contributed by atoms with Crippen molar-refractivity contribution in [1.29, 1.82) is 0 Å². The minimum absolute atomic E-state index is 0.0578. The summed E-state index contributed by atoms with van der Waals surface area (Å²) in [5.74, 6) is 0.274. The largest absolute Gasteiger partial charge is 0.380 e. The summed E-state index contributed by atoms with van der Waals surface area (Å²) in [6.07, 6.45) is 0. The van der Waals surface area contributed by atoms with Crippen molar-refractivity contribution in [3.63, 3.8) is 0 Å². The Morgan fingerprint density at radius 2 is 1.59 bits per heavy atom. The molecular formula is C15H21N3O3S. The zero-order valence-corrected chi connectivity index (χ0v) is 14.2. The highest BCUT2D eigenvalue weighted by Crippen LogP contribution is 2.23. The van der Waals surface area contributed by atoms with Gasteiger partial charge in [-0.25, -0.2) is 8.42 Å². The average Bonchev–Trinajstić information content (AvgIpc) is 2.70. The summed E-state index contributed by atoms with van der Waals surface area (Å²) in [6, 6.07) is 7.08. The first-order valence-electron chi connectivity index (χ1n) is 6.92. The van der Waals surface area contributed by atoms with E-state index in [9.17, 15) is 8.42 Å². The zero-order chi connectivity index (χ0) is 16.5. The van der Waals surface area contributed by atoms with Crippen molar-refractivity contribution in [2.24, 2.45) is 0 Å². The molecule has 6 nitrogen and oxygen atoms in total.